The Bertz CT molecular complexity index is 1390. The van der Waals surface area contributed by atoms with Crippen molar-refractivity contribution < 1.29 is 9.47 Å². The molecule has 3 heterocycles. The number of ether oxygens (including phenoxy) is 2. The number of nitrogens with zero attached hydrogens (tertiary/aromatic N) is 3. The van der Waals surface area contributed by atoms with Crippen LogP contribution in [0.3, 0.4) is 0 Å². The molecular weight excluding hydrogens is 446 g/mol. The Hall–Kier alpha value is -4.22. The molecule has 0 unspecified atom stereocenters. The third-order valence-electron chi connectivity index (χ3n) is 5.68. The molecule has 8 heteroatoms. The zero-order valence-electron chi connectivity index (χ0n) is 18.4. The lowest BCUT2D eigenvalue weighted by Crippen LogP contribution is -2.21. The van der Waals surface area contributed by atoms with Gasteiger partial charge in [-0.3, -0.25) is 5.10 Å². The van der Waals surface area contributed by atoms with E-state index in [2.05, 4.69) is 21.3 Å². The van der Waals surface area contributed by atoms with Crippen molar-refractivity contribution in [3.05, 3.63) is 101 Å². The SMILES string of the molecule is COc1ccc([C@H]2C(C#N)=C(N)Oc3n[nH]c(-c4ccccc4)c32)c(CSc2ccccn2)c1. The Morgan fingerprint density at radius 2 is 1.97 bits per heavy atom. The molecular formula is C26H21N5O2S. The highest BCUT2D eigenvalue weighted by molar-refractivity contribution is 7.98. The third-order valence-corrected chi connectivity index (χ3v) is 6.67. The van der Waals surface area contributed by atoms with Gasteiger partial charge in [-0.15, -0.1) is 16.9 Å². The number of hydrogen-bond donors (Lipinski definition) is 2. The largest absolute Gasteiger partial charge is 0.497 e. The molecule has 0 amide bonds. The normalized spacial score (nSPS) is 14.8. The Morgan fingerprint density at radius 3 is 2.71 bits per heavy atom. The van der Waals surface area contributed by atoms with E-state index in [1.165, 1.54) is 0 Å². The van der Waals surface area contributed by atoms with Gasteiger partial charge in [0, 0.05) is 11.9 Å². The molecule has 0 saturated carbocycles. The van der Waals surface area contributed by atoms with Crippen molar-refractivity contribution in [1.29, 1.82) is 5.26 Å². The number of hydrogen-bond acceptors (Lipinski definition) is 7. The predicted molar refractivity (Wildman–Crippen MR) is 130 cm³/mol. The molecule has 0 saturated heterocycles. The van der Waals surface area contributed by atoms with Crippen LogP contribution in [0.1, 0.15) is 22.6 Å². The summed E-state index contributed by atoms with van der Waals surface area (Å²) in [5.41, 5.74) is 11.0. The zero-order chi connectivity index (χ0) is 23.5. The highest BCUT2D eigenvalue weighted by Gasteiger charge is 2.36. The van der Waals surface area contributed by atoms with Crippen LogP contribution in [0.5, 0.6) is 11.6 Å². The number of methoxy groups -OCH3 is 1. The standard InChI is InChI=1S/C26H21N5O2S/c1-32-18-10-11-19(17(13-18)15-34-21-9-5-6-12-29-21)22-20(14-27)25(28)33-26-23(22)24(30-31-26)16-7-3-2-4-8-16/h2-13,22H,15,28H2,1H3,(H,30,31)/t22-/m0/s1. The minimum absolute atomic E-state index is 0.0604. The highest BCUT2D eigenvalue weighted by atomic mass is 32.2. The number of fused-ring (bicyclic) bond motifs is 1. The average molecular weight is 468 g/mol. The summed E-state index contributed by atoms with van der Waals surface area (Å²) in [7, 11) is 1.64. The van der Waals surface area contributed by atoms with Crippen LogP contribution in [0, 0.1) is 11.3 Å². The molecule has 168 valence electrons. The third kappa shape index (κ3) is 3.98. The number of thioether (sulfide) groups is 1. The summed E-state index contributed by atoms with van der Waals surface area (Å²) in [6.07, 6.45) is 1.77. The molecule has 4 aromatic rings. The van der Waals surface area contributed by atoms with Gasteiger partial charge in [0.15, 0.2) is 0 Å². The molecule has 0 radical (unpaired) electrons. The van der Waals surface area contributed by atoms with E-state index in [0.717, 1.165) is 38.7 Å². The second kappa shape index (κ2) is 9.33. The van der Waals surface area contributed by atoms with Crippen LogP contribution < -0.4 is 15.2 Å². The van der Waals surface area contributed by atoms with Gasteiger partial charge in [0.1, 0.15) is 17.4 Å². The first-order chi connectivity index (χ1) is 16.7. The molecule has 1 aliphatic rings. The van der Waals surface area contributed by atoms with Crippen molar-refractivity contribution in [3.8, 4) is 29.0 Å². The van der Waals surface area contributed by atoms with Crippen molar-refractivity contribution in [2.45, 2.75) is 16.7 Å². The van der Waals surface area contributed by atoms with E-state index < -0.39 is 5.92 Å². The van der Waals surface area contributed by atoms with Crippen molar-refractivity contribution in [3.63, 3.8) is 0 Å². The van der Waals surface area contributed by atoms with E-state index >= 15 is 0 Å². The number of pyridine rings is 1. The number of H-pyrrole nitrogens is 1. The number of nitriles is 1. The van der Waals surface area contributed by atoms with Crippen LogP contribution in [0.4, 0.5) is 0 Å². The van der Waals surface area contributed by atoms with Gasteiger partial charge in [-0.05, 0) is 41.0 Å². The van der Waals surface area contributed by atoms with Crippen molar-refractivity contribution in [2.75, 3.05) is 7.11 Å². The smallest absolute Gasteiger partial charge is 0.244 e. The second-order valence-corrected chi connectivity index (χ2v) is 8.63. The summed E-state index contributed by atoms with van der Waals surface area (Å²) in [5, 5.41) is 18.5. The van der Waals surface area contributed by atoms with Gasteiger partial charge in [0.25, 0.3) is 0 Å². The van der Waals surface area contributed by atoms with E-state index in [1.54, 1.807) is 25.1 Å². The fourth-order valence-corrected chi connectivity index (χ4v) is 4.94. The van der Waals surface area contributed by atoms with E-state index in [-0.39, 0.29) is 5.88 Å². The van der Waals surface area contributed by atoms with Gasteiger partial charge in [0.2, 0.25) is 11.8 Å². The summed E-state index contributed by atoms with van der Waals surface area (Å²) in [6.45, 7) is 0. The summed E-state index contributed by atoms with van der Waals surface area (Å²) in [6, 6.07) is 23.8. The maximum atomic E-state index is 10.1. The van der Waals surface area contributed by atoms with Crippen molar-refractivity contribution in [1.82, 2.24) is 15.2 Å². The lowest BCUT2D eigenvalue weighted by molar-refractivity contribution is 0.378. The lowest BCUT2D eigenvalue weighted by atomic mass is 9.81. The number of aromatic nitrogens is 3. The Kier molecular flexibility index (Phi) is 5.93. The summed E-state index contributed by atoms with van der Waals surface area (Å²) in [4.78, 5) is 4.42. The molecule has 0 aliphatic carbocycles. The number of rotatable bonds is 6. The molecule has 2 aromatic heterocycles. The van der Waals surface area contributed by atoms with Gasteiger partial charge in [0.05, 0.1) is 29.3 Å². The molecule has 0 fully saturated rings. The van der Waals surface area contributed by atoms with E-state index in [9.17, 15) is 5.26 Å². The maximum Gasteiger partial charge on any atom is 0.244 e. The fraction of sp³-hybridized carbons (Fsp3) is 0.115. The molecule has 0 spiro atoms. The monoisotopic (exact) mass is 467 g/mol. The Labute approximate surface area is 201 Å². The maximum absolute atomic E-state index is 10.1. The van der Waals surface area contributed by atoms with Crippen LogP contribution in [-0.2, 0) is 5.75 Å². The molecule has 2 aromatic carbocycles. The molecule has 34 heavy (non-hydrogen) atoms. The fourth-order valence-electron chi connectivity index (χ4n) is 4.08. The number of benzene rings is 2. The number of nitrogens with two attached hydrogens (primary N) is 1. The Balaban J connectivity index is 1.66. The van der Waals surface area contributed by atoms with Gasteiger partial charge < -0.3 is 15.2 Å². The van der Waals surface area contributed by atoms with Crippen LogP contribution in [0.25, 0.3) is 11.3 Å². The molecule has 1 atom stereocenters. The van der Waals surface area contributed by atoms with E-state index in [1.807, 2.05) is 66.7 Å². The predicted octanol–water partition coefficient (Wildman–Crippen LogP) is 4.99. The van der Waals surface area contributed by atoms with Crippen LogP contribution in [0.15, 0.2) is 89.4 Å². The van der Waals surface area contributed by atoms with E-state index in [0.29, 0.717) is 17.2 Å². The highest BCUT2D eigenvalue weighted by Crippen LogP contribution is 2.47. The molecule has 0 bridgehead atoms. The average Bonchev–Trinajstić information content (AvgIpc) is 3.31. The second-order valence-electron chi connectivity index (χ2n) is 7.63. The summed E-state index contributed by atoms with van der Waals surface area (Å²) in [5.74, 6) is 1.35. The quantitative estimate of drug-likeness (QED) is 0.384. The Morgan fingerprint density at radius 1 is 1.15 bits per heavy atom. The first-order valence-corrected chi connectivity index (χ1v) is 11.6. The molecule has 1 aliphatic heterocycles. The van der Waals surface area contributed by atoms with Gasteiger partial charge in [-0.25, -0.2) is 4.98 Å². The minimum atomic E-state index is -0.451. The van der Waals surface area contributed by atoms with Crippen molar-refractivity contribution >= 4 is 11.8 Å². The molecule has 3 N–H and O–H groups in total. The van der Waals surface area contributed by atoms with Gasteiger partial charge in [-0.1, -0.05) is 42.5 Å². The van der Waals surface area contributed by atoms with Crippen molar-refractivity contribution in [2.24, 2.45) is 5.73 Å². The summed E-state index contributed by atoms with van der Waals surface area (Å²) < 4.78 is 11.3. The number of allylic oxidation sites excluding steroid dienone is 1. The van der Waals surface area contributed by atoms with Gasteiger partial charge in [-0.2, -0.15) is 5.26 Å². The lowest BCUT2D eigenvalue weighted by Gasteiger charge is -2.26. The zero-order valence-corrected chi connectivity index (χ0v) is 19.2. The van der Waals surface area contributed by atoms with Crippen LogP contribution >= 0.6 is 11.8 Å². The molecule has 5 rings (SSSR count). The first-order valence-electron chi connectivity index (χ1n) is 10.6. The summed E-state index contributed by atoms with van der Waals surface area (Å²) >= 11 is 1.61. The van der Waals surface area contributed by atoms with Crippen LogP contribution in [0.2, 0.25) is 0 Å². The first kappa shape index (κ1) is 21.6. The minimum Gasteiger partial charge on any atom is -0.497 e. The van der Waals surface area contributed by atoms with E-state index in [4.69, 9.17) is 15.2 Å². The number of nitrogens with one attached hydrogen (secondary N) is 1. The topological polar surface area (TPSA) is 110 Å². The number of aromatic amines is 1. The molecule has 7 nitrogen and oxygen atoms in total. The van der Waals surface area contributed by atoms with Crippen LogP contribution in [-0.4, -0.2) is 22.3 Å². The van der Waals surface area contributed by atoms with Gasteiger partial charge >= 0.3 is 0 Å².